The van der Waals surface area contributed by atoms with E-state index in [9.17, 15) is 9.18 Å². The number of carbonyl (C=O) groups excluding carboxylic acids is 1. The van der Waals surface area contributed by atoms with Crippen LogP contribution in [-0.2, 0) is 11.2 Å². The molecule has 0 bridgehead atoms. The van der Waals surface area contributed by atoms with Gasteiger partial charge in [0, 0.05) is 23.8 Å². The lowest BCUT2D eigenvalue weighted by atomic mass is 10.00. The number of carbonyl (C=O) groups is 1. The summed E-state index contributed by atoms with van der Waals surface area (Å²) in [4.78, 5) is 17.7. The molecule has 6 heteroatoms. The van der Waals surface area contributed by atoms with Gasteiger partial charge in [0.2, 0.25) is 5.91 Å². The molecule has 0 aliphatic heterocycles. The van der Waals surface area contributed by atoms with Gasteiger partial charge < -0.3 is 11.1 Å². The molecule has 0 saturated heterocycles. The fraction of sp³-hybridized carbons (Fsp3) is 0.444. The van der Waals surface area contributed by atoms with Gasteiger partial charge in [0.05, 0.1) is 5.69 Å². The van der Waals surface area contributed by atoms with Crippen molar-refractivity contribution in [2.75, 3.05) is 5.32 Å². The second-order valence-corrected chi connectivity index (χ2v) is 7.52. The number of nitrogens with zero attached hydrogens (tertiary/aromatic N) is 1. The van der Waals surface area contributed by atoms with Crippen molar-refractivity contribution in [3.05, 3.63) is 46.2 Å². The summed E-state index contributed by atoms with van der Waals surface area (Å²) in [6, 6.07) is 6.60. The zero-order valence-electron chi connectivity index (χ0n) is 13.7. The zero-order valence-corrected chi connectivity index (χ0v) is 14.5. The van der Waals surface area contributed by atoms with Crippen LogP contribution < -0.4 is 11.1 Å². The summed E-state index contributed by atoms with van der Waals surface area (Å²) in [5, 5.41) is 3.52. The summed E-state index contributed by atoms with van der Waals surface area (Å²) in [7, 11) is 0. The Kier molecular flexibility index (Phi) is 5.26. The molecule has 1 aromatic carbocycles. The van der Waals surface area contributed by atoms with Crippen molar-refractivity contribution in [2.45, 2.75) is 45.1 Å². The predicted molar refractivity (Wildman–Crippen MR) is 94.6 cm³/mol. The fourth-order valence-electron chi connectivity index (χ4n) is 3.16. The normalized spacial score (nSPS) is 20.3. The first-order valence-electron chi connectivity index (χ1n) is 8.27. The van der Waals surface area contributed by atoms with Crippen molar-refractivity contribution in [2.24, 2.45) is 11.7 Å². The Morgan fingerprint density at radius 2 is 2.12 bits per heavy atom. The number of aryl methyl sites for hydroxylation is 1. The van der Waals surface area contributed by atoms with Crippen LogP contribution in [0.15, 0.2) is 24.3 Å². The van der Waals surface area contributed by atoms with Crippen LogP contribution in [0.4, 0.5) is 9.52 Å². The lowest BCUT2D eigenvalue weighted by Gasteiger charge is -2.13. The molecule has 1 aliphatic rings. The summed E-state index contributed by atoms with van der Waals surface area (Å²) in [6.45, 7) is 1.93. The monoisotopic (exact) mass is 347 g/mol. The Labute approximate surface area is 145 Å². The van der Waals surface area contributed by atoms with Gasteiger partial charge in [-0.3, -0.25) is 4.79 Å². The average molecular weight is 347 g/mol. The maximum atomic E-state index is 13.0. The molecule has 0 radical (unpaired) electrons. The fourth-order valence-corrected chi connectivity index (χ4v) is 4.17. The number of anilines is 1. The van der Waals surface area contributed by atoms with Crippen LogP contribution in [0.25, 0.3) is 0 Å². The molecule has 1 aliphatic carbocycles. The topological polar surface area (TPSA) is 68.0 Å². The average Bonchev–Trinajstić information content (AvgIpc) is 3.08. The molecule has 0 unspecified atom stereocenters. The molecule has 1 amide bonds. The van der Waals surface area contributed by atoms with Gasteiger partial charge in [-0.05, 0) is 43.4 Å². The molecule has 1 saturated carbocycles. The summed E-state index contributed by atoms with van der Waals surface area (Å²) >= 11 is 1.48. The largest absolute Gasteiger partial charge is 0.327 e. The van der Waals surface area contributed by atoms with Gasteiger partial charge in [0.15, 0.2) is 5.13 Å². The molecule has 4 nitrogen and oxygen atoms in total. The van der Waals surface area contributed by atoms with Crippen LogP contribution >= 0.6 is 11.3 Å². The van der Waals surface area contributed by atoms with Gasteiger partial charge in [-0.25, -0.2) is 9.37 Å². The minimum atomic E-state index is -0.238. The number of aromatic nitrogens is 1. The highest BCUT2D eigenvalue weighted by Crippen LogP contribution is 2.29. The van der Waals surface area contributed by atoms with Crippen LogP contribution in [-0.4, -0.2) is 16.9 Å². The Hall–Kier alpha value is -1.79. The Morgan fingerprint density at radius 1 is 1.38 bits per heavy atom. The molecule has 3 rings (SSSR count). The van der Waals surface area contributed by atoms with Crippen molar-refractivity contribution in [3.8, 4) is 0 Å². The highest BCUT2D eigenvalue weighted by molar-refractivity contribution is 7.15. The minimum Gasteiger partial charge on any atom is -0.327 e. The SMILES string of the molecule is Cc1nc(NC(=O)C[C@@H]2CCC[C@H]2N)sc1Cc1ccc(F)cc1. The minimum absolute atomic E-state index is 0.0144. The number of hydrogen-bond acceptors (Lipinski definition) is 4. The molecule has 24 heavy (non-hydrogen) atoms. The highest BCUT2D eigenvalue weighted by atomic mass is 32.1. The number of benzene rings is 1. The van der Waals surface area contributed by atoms with E-state index in [0.717, 1.165) is 35.4 Å². The van der Waals surface area contributed by atoms with Crippen LogP contribution in [0.1, 0.15) is 41.8 Å². The van der Waals surface area contributed by atoms with E-state index in [-0.39, 0.29) is 23.7 Å². The molecule has 3 N–H and O–H groups in total. The standard InChI is InChI=1S/C18H22FN3OS/c1-11-16(9-12-5-7-14(19)8-6-12)24-18(21-11)22-17(23)10-13-3-2-4-15(13)20/h5-8,13,15H,2-4,9-10,20H2,1H3,(H,21,22,23)/t13-,15+/m0/s1. The predicted octanol–water partition coefficient (Wildman–Crippen LogP) is 3.64. The van der Waals surface area contributed by atoms with E-state index in [1.807, 2.05) is 6.92 Å². The van der Waals surface area contributed by atoms with Crippen molar-refractivity contribution < 1.29 is 9.18 Å². The van der Waals surface area contributed by atoms with Crippen LogP contribution in [0.3, 0.4) is 0 Å². The van der Waals surface area contributed by atoms with E-state index in [1.54, 1.807) is 12.1 Å². The van der Waals surface area contributed by atoms with Crippen LogP contribution in [0.5, 0.6) is 0 Å². The first kappa shape index (κ1) is 17.0. The van der Waals surface area contributed by atoms with E-state index >= 15 is 0 Å². The van der Waals surface area contributed by atoms with Crippen molar-refractivity contribution >= 4 is 22.4 Å². The summed E-state index contributed by atoms with van der Waals surface area (Å²) in [5.41, 5.74) is 7.95. The van der Waals surface area contributed by atoms with E-state index in [1.165, 1.54) is 23.5 Å². The molecule has 2 aromatic rings. The molecule has 128 valence electrons. The van der Waals surface area contributed by atoms with Gasteiger partial charge in [0.1, 0.15) is 5.82 Å². The Balaban J connectivity index is 1.61. The number of rotatable bonds is 5. The first-order chi connectivity index (χ1) is 11.5. The zero-order chi connectivity index (χ0) is 17.1. The number of halogens is 1. The van der Waals surface area contributed by atoms with Crippen molar-refractivity contribution in [3.63, 3.8) is 0 Å². The molecule has 2 atom stereocenters. The second-order valence-electron chi connectivity index (χ2n) is 6.44. The van der Waals surface area contributed by atoms with E-state index < -0.39 is 0 Å². The van der Waals surface area contributed by atoms with E-state index in [2.05, 4.69) is 10.3 Å². The van der Waals surface area contributed by atoms with Gasteiger partial charge in [-0.1, -0.05) is 18.6 Å². The van der Waals surface area contributed by atoms with Crippen molar-refractivity contribution in [1.29, 1.82) is 0 Å². The smallest absolute Gasteiger partial charge is 0.226 e. The van der Waals surface area contributed by atoms with Gasteiger partial charge in [0.25, 0.3) is 0 Å². The lowest BCUT2D eigenvalue weighted by Crippen LogP contribution is -2.28. The van der Waals surface area contributed by atoms with Gasteiger partial charge in [-0.15, -0.1) is 11.3 Å². The maximum absolute atomic E-state index is 13.0. The number of nitrogens with one attached hydrogen (secondary N) is 1. The van der Waals surface area contributed by atoms with E-state index in [0.29, 0.717) is 18.0 Å². The van der Waals surface area contributed by atoms with Crippen LogP contribution in [0, 0.1) is 18.7 Å². The molecule has 1 heterocycles. The third-order valence-corrected chi connectivity index (χ3v) is 5.66. The summed E-state index contributed by atoms with van der Waals surface area (Å²) in [6.07, 6.45) is 4.30. The first-order valence-corrected chi connectivity index (χ1v) is 9.09. The number of amides is 1. The molecule has 0 spiro atoms. The van der Waals surface area contributed by atoms with Gasteiger partial charge in [-0.2, -0.15) is 0 Å². The number of nitrogens with two attached hydrogens (primary N) is 1. The molecular weight excluding hydrogens is 325 g/mol. The molecule has 1 aromatic heterocycles. The maximum Gasteiger partial charge on any atom is 0.226 e. The molecule has 1 fully saturated rings. The van der Waals surface area contributed by atoms with Crippen LogP contribution in [0.2, 0.25) is 0 Å². The quantitative estimate of drug-likeness (QED) is 0.868. The third kappa shape index (κ3) is 4.19. The highest BCUT2D eigenvalue weighted by Gasteiger charge is 2.26. The number of thiazole rings is 1. The second kappa shape index (κ2) is 7.40. The Bertz CT molecular complexity index is 714. The van der Waals surface area contributed by atoms with Gasteiger partial charge >= 0.3 is 0 Å². The molecular formula is C18H22FN3OS. The Morgan fingerprint density at radius 3 is 2.79 bits per heavy atom. The third-order valence-electron chi connectivity index (χ3n) is 4.58. The lowest BCUT2D eigenvalue weighted by molar-refractivity contribution is -0.117. The van der Waals surface area contributed by atoms with Crippen molar-refractivity contribution in [1.82, 2.24) is 4.98 Å². The number of hydrogen-bond donors (Lipinski definition) is 2. The summed E-state index contributed by atoms with van der Waals surface area (Å²) in [5.74, 6) is 0.0297. The summed E-state index contributed by atoms with van der Waals surface area (Å²) < 4.78 is 13.0. The van der Waals surface area contributed by atoms with E-state index in [4.69, 9.17) is 5.73 Å².